The molecular formula is C16H24N2O2. The third-order valence-electron chi connectivity index (χ3n) is 4.06. The molecule has 1 amide bonds. The maximum Gasteiger partial charge on any atom is 0.257 e. The van der Waals surface area contributed by atoms with Crippen LogP contribution in [0.25, 0.3) is 0 Å². The number of ether oxygens (including phenoxy) is 1. The second-order valence-electron chi connectivity index (χ2n) is 5.23. The molecule has 1 heterocycles. The van der Waals surface area contributed by atoms with Gasteiger partial charge in [-0.05, 0) is 25.0 Å². The van der Waals surface area contributed by atoms with Crippen molar-refractivity contribution in [3.05, 3.63) is 29.8 Å². The number of carbonyl (C=O) groups is 1. The number of amides is 1. The third-order valence-corrected chi connectivity index (χ3v) is 4.06. The lowest BCUT2D eigenvalue weighted by molar-refractivity contribution is 0.0572. The highest BCUT2D eigenvalue weighted by atomic mass is 16.5. The molecule has 1 aromatic rings. The Morgan fingerprint density at radius 2 is 2.10 bits per heavy atom. The molecule has 1 aromatic carbocycles. The van der Waals surface area contributed by atoms with E-state index < -0.39 is 0 Å². The summed E-state index contributed by atoms with van der Waals surface area (Å²) in [5.41, 5.74) is 0.658. The predicted molar refractivity (Wildman–Crippen MR) is 80.2 cm³/mol. The largest absolute Gasteiger partial charge is 0.496 e. The van der Waals surface area contributed by atoms with Crippen LogP contribution in [0.4, 0.5) is 0 Å². The summed E-state index contributed by atoms with van der Waals surface area (Å²) in [4.78, 5) is 14.8. The van der Waals surface area contributed by atoms with Crippen molar-refractivity contribution < 1.29 is 9.53 Å². The number of nitrogens with one attached hydrogen (secondary N) is 1. The first-order valence-corrected chi connectivity index (χ1v) is 7.38. The average molecular weight is 276 g/mol. The van der Waals surface area contributed by atoms with Gasteiger partial charge in [0.15, 0.2) is 0 Å². The number of methoxy groups -OCH3 is 1. The highest BCUT2D eigenvalue weighted by Crippen LogP contribution is 2.22. The zero-order chi connectivity index (χ0) is 14.5. The van der Waals surface area contributed by atoms with Gasteiger partial charge in [0.05, 0.1) is 12.7 Å². The fourth-order valence-corrected chi connectivity index (χ4v) is 2.73. The normalized spacial score (nSPS) is 22.6. The number of hydrogen-bond acceptors (Lipinski definition) is 3. The lowest BCUT2D eigenvalue weighted by Crippen LogP contribution is -2.57. The number of para-hydroxylation sites is 1. The number of nitrogens with zero attached hydrogens (tertiary/aromatic N) is 1. The van der Waals surface area contributed by atoms with Crippen molar-refractivity contribution >= 4 is 5.91 Å². The SMILES string of the molecule is CCC1CN(C(=O)c2ccccc2OC)C(CC)CN1. The van der Waals surface area contributed by atoms with Gasteiger partial charge >= 0.3 is 0 Å². The molecule has 4 heteroatoms. The molecule has 0 saturated carbocycles. The maximum absolute atomic E-state index is 12.8. The molecule has 20 heavy (non-hydrogen) atoms. The van der Waals surface area contributed by atoms with E-state index in [9.17, 15) is 4.79 Å². The molecule has 2 rings (SSSR count). The van der Waals surface area contributed by atoms with Crippen molar-refractivity contribution in [3.63, 3.8) is 0 Å². The van der Waals surface area contributed by atoms with Crippen LogP contribution in [0.2, 0.25) is 0 Å². The van der Waals surface area contributed by atoms with Crippen LogP contribution in [0, 0.1) is 0 Å². The Kier molecular flexibility index (Phi) is 5.01. The van der Waals surface area contributed by atoms with Gasteiger partial charge in [-0.2, -0.15) is 0 Å². The minimum atomic E-state index is 0.0780. The smallest absolute Gasteiger partial charge is 0.257 e. The fourth-order valence-electron chi connectivity index (χ4n) is 2.73. The van der Waals surface area contributed by atoms with Crippen molar-refractivity contribution in [3.8, 4) is 5.75 Å². The third kappa shape index (κ3) is 2.96. The summed E-state index contributed by atoms with van der Waals surface area (Å²) in [5, 5.41) is 3.51. The Bertz CT molecular complexity index is 462. The van der Waals surface area contributed by atoms with Gasteiger partial charge in [0.25, 0.3) is 5.91 Å². The van der Waals surface area contributed by atoms with Gasteiger partial charge in [-0.1, -0.05) is 26.0 Å². The number of hydrogen-bond donors (Lipinski definition) is 1. The predicted octanol–water partition coefficient (Wildman–Crippen LogP) is 2.30. The van der Waals surface area contributed by atoms with Gasteiger partial charge < -0.3 is 15.0 Å². The van der Waals surface area contributed by atoms with E-state index in [0.29, 0.717) is 17.4 Å². The molecular weight excluding hydrogens is 252 g/mol. The van der Waals surface area contributed by atoms with E-state index in [1.807, 2.05) is 29.2 Å². The molecule has 2 atom stereocenters. The molecule has 4 nitrogen and oxygen atoms in total. The molecule has 1 aliphatic rings. The van der Waals surface area contributed by atoms with Crippen molar-refractivity contribution in [2.75, 3.05) is 20.2 Å². The minimum Gasteiger partial charge on any atom is -0.496 e. The van der Waals surface area contributed by atoms with Crippen LogP contribution in [-0.4, -0.2) is 43.1 Å². The van der Waals surface area contributed by atoms with Crippen LogP contribution in [0.3, 0.4) is 0 Å². The van der Waals surface area contributed by atoms with Crippen molar-refractivity contribution in [1.82, 2.24) is 10.2 Å². The van der Waals surface area contributed by atoms with E-state index in [0.717, 1.165) is 25.9 Å². The molecule has 1 N–H and O–H groups in total. The van der Waals surface area contributed by atoms with Crippen molar-refractivity contribution in [2.24, 2.45) is 0 Å². The van der Waals surface area contributed by atoms with Crippen molar-refractivity contribution in [1.29, 1.82) is 0 Å². The number of carbonyl (C=O) groups excluding carboxylic acids is 1. The summed E-state index contributed by atoms with van der Waals surface area (Å²) in [5.74, 6) is 0.730. The molecule has 0 bridgehead atoms. The topological polar surface area (TPSA) is 41.6 Å². The van der Waals surface area contributed by atoms with Crippen LogP contribution in [0.1, 0.15) is 37.0 Å². The fraction of sp³-hybridized carbons (Fsp3) is 0.562. The van der Waals surface area contributed by atoms with Crippen LogP contribution in [0.5, 0.6) is 5.75 Å². The van der Waals surface area contributed by atoms with E-state index in [1.54, 1.807) is 7.11 Å². The number of rotatable bonds is 4. The maximum atomic E-state index is 12.8. The Labute approximate surface area is 121 Å². The Morgan fingerprint density at radius 1 is 1.35 bits per heavy atom. The molecule has 0 aromatic heterocycles. The highest BCUT2D eigenvalue weighted by molar-refractivity contribution is 5.97. The monoisotopic (exact) mass is 276 g/mol. The van der Waals surface area contributed by atoms with Gasteiger partial charge in [0.1, 0.15) is 5.75 Å². The Balaban J connectivity index is 2.24. The lowest BCUT2D eigenvalue weighted by Gasteiger charge is -2.40. The quantitative estimate of drug-likeness (QED) is 0.917. The summed E-state index contributed by atoms with van der Waals surface area (Å²) in [6.07, 6.45) is 2.00. The Hall–Kier alpha value is -1.55. The zero-order valence-corrected chi connectivity index (χ0v) is 12.6. The van der Waals surface area contributed by atoms with E-state index >= 15 is 0 Å². The molecule has 1 fully saturated rings. The van der Waals surface area contributed by atoms with Crippen molar-refractivity contribution in [2.45, 2.75) is 38.8 Å². The van der Waals surface area contributed by atoms with Gasteiger partial charge in [-0.25, -0.2) is 0 Å². The number of piperazine rings is 1. The van der Waals surface area contributed by atoms with E-state index in [4.69, 9.17) is 4.74 Å². The molecule has 2 unspecified atom stereocenters. The first kappa shape index (κ1) is 14.9. The average Bonchev–Trinajstić information content (AvgIpc) is 2.53. The van der Waals surface area contributed by atoms with Gasteiger partial charge in [0, 0.05) is 25.2 Å². The molecule has 0 radical (unpaired) electrons. The molecule has 0 aliphatic carbocycles. The van der Waals surface area contributed by atoms with Gasteiger partial charge in [-0.3, -0.25) is 4.79 Å². The molecule has 0 spiro atoms. The van der Waals surface area contributed by atoms with Gasteiger partial charge in [-0.15, -0.1) is 0 Å². The molecule has 1 saturated heterocycles. The highest BCUT2D eigenvalue weighted by Gasteiger charge is 2.31. The molecule has 110 valence electrons. The van der Waals surface area contributed by atoms with Crippen LogP contribution in [0.15, 0.2) is 24.3 Å². The van der Waals surface area contributed by atoms with Crippen LogP contribution >= 0.6 is 0 Å². The summed E-state index contributed by atoms with van der Waals surface area (Å²) < 4.78 is 5.32. The number of benzene rings is 1. The van der Waals surface area contributed by atoms with Gasteiger partial charge in [0.2, 0.25) is 0 Å². The first-order valence-electron chi connectivity index (χ1n) is 7.38. The first-order chi connectivity index (χ1) is 9.71. The van der Waals surface area contributed by atoms with Crippen LogP contribution < -0.4 is 10.1 Å². The molecule has 1 aliphatic heterocycles. The van der Waals surface area contributed by atoms with E-state index in [1.165, 1.54) is 0 Å². The van der Waals surface area contributed by atoms with E-state index in [-0.39, 0.29) is 11.9 Å². The zero-order valence-electron chi connectivity index (χ0n) is 12.6. The van der Waals surface area contributed by atoms with Crippen LogP contribution in [-0.2, 0) is 0 Å². The summed E-state index contributed by atoms with van der Waals surface area (Å²) in [6.45, 7) is 5.92. The standard InChI is InChI=1S/C16H24N2O2/c1-4-12-11-18(13(5-2)10-17-12)16(19)14-8-6-7-9-15(14)20-3/h6-9,12-13,17H,4-5,10-11H2,1-3H3. The van der Waals surface area contributed by atoms with E-state index in [2.05, 4.69) is 19.2 Å². The minimum absolute atomic E-state index is 0.0780. The summed E-state index contributed by atoms with van der Waals surface area (Å²) in [7, 11) is 1.61. The summed E-state index contributed by atoms with van der Waals surface area (Å²) >= 11 is 0. The Morgan fingerprint density at radius 3 is 2.75 bits per heavy atom. The summed E-state index contributed by atoms with van der Waals surface area (Å²) in [6, 6.07) is 8.10. The second-order valence-corrected chi connectivity index (χ2v) is 5.23. The lowest BCUT2D eigenvalue weighted by atomic mass is 10.0. The second kappa shape index (κ2) is 6.75.